The fourth-order valence-electron chi connectivity index (χ4n) is 2.45. The van der Waals surface area contributed by atoms with Crippen LogP contribution in [0.1, 0.15) is 5.56 Å². The van der Waals surface area contributed by atoms with Gasteiger partial charge < -0.3 is 15.2 Å². The minimum absolute atomic E-state index is 0.0748. The third-order valence-electron chi connectivity index (χ3n) is 3.69. The standard InChI is InChI=1S/C18H18N2O4/c19-14-12-23-16-9-5-4-8-15(16)20(18(14)22)10-17(21)24-11-13-6-2-1-3-7-13/h1-9,14H,10-12,19H2/t14-/m0/s1. The van der Waals surface area contributed by atoms with Crippen molar-refractivity contribution in [3.8, 4) is 5.75 Å². The van der Waals surface area contributed by atoms with Crippen LogP contribution >= 0.6 is 0 Å². The van der Waals surface area contributed by atoms with E-state index in [-0.39, 0.29) is 25.7 Å². The number of nitrogens with two attached hydrogens (primary N) is 1. The molecular formula is C18H18N2O4. The zero-order valence-electron chi connectivity index (χ0n) is 13.1. The summed E-state index contributed by atoms with van der Waals surface area (Å²) in [7, 11) is 0. The molecule has 0 aliphatic carbocycles. The number of hydrogen-bond acceptors (Lipinski definition) is 5. The second-order valence-electron chi connectivity index (χ2n) is 5.46. The van der Waals surface area contributed by atoms with Crippen molar-refractivity contribution in [1.29, 1.82) is 0 Å². The van der Waals surface area contributed by atoms with Crippen molar-refractivity contribution >= 4 is 17.6 Å². The lowest BCUT2D eigenvalue weighted by Crippen LogP contribution is -2.47. The topological polar surface area (TPSA) is 81.9 Å². The number of fused-ring (bicyclic) bond motifs is 1. The Hall–Kier alpha value is -2.86. The highest BCUT2D eigenvalue weighted by atomic mass is 16.5. The minimum Gasteiger partial charge on any atom is -0.489 e. The maximum Gasteiger partial charge on any atom is 0.326 e. The van der Waals surface area contributed by atoms with Gasteiger partial charge in [-0.2, -0.15) is 0 Å². The summed E-state index contributed by atoms with van der Waals surface area (Å²) >= 11 is 0. The molecule has 2 aromatic rings. The third kappa shape index (κ3) is 3.55. The van der Waals surface area contributed by atoms with Gasteiger partial charge in [0.05, 0.1) is 5.69 Å². The summed E-state index contributed by atoms with van der Waals surface area (Å²) in [6.45, 7) is 0.0249. The molecule has 2 aromatic carbocycles. The molecule has 0 spiro atoms. The predicted octanol–water partition coefficient (Wildman–Crippen LogP) is 1.48. The fraction of sp³-hybridized carbons (Fsp3) is 0.222. The molecule has 24 heavy (non-hydrogen) atoms. The van der Waals surface area contributed by atoms with E-state index in [0.29, 0.717) is 11.4 Å². The van der Waals surface area contributed by atoms with E-state index in [9.17, 15) is 9.59 Å². The Morgan fingerprint density at radius 1 is 1.17 bits per heavy atom. The molecule has 124 valence electrons. The summed E-state index contributed by atoms with van der Waals surface area (Å²) in [6, 6.07) is 15.6. The van der Waals surface area contributed by atoms with Crippen LogP contribution in [-0.4, -0.2) is 31.1 Å². The largest absolute Gasteiger partial charge is 0.489 e. The molecule has 0 saturated heterocycles. The first-order valence-electron chi connectivity index (χ1n) is 7.63. The summed E-state index contributed by atoms with van der Waals surface area (Å²) in [5.41, 5.74) is 7.22. The Morgan fingerprint density at radius 2 is 1.88 bits per heavy atom. The van der Waals surface area contributed by atoms with Gasteiger partial charge in [-0.3, -0.25) is 14.5 Å². The molecule has 1 aliphatic rings. The molecule has 1 amide bonds. The summed E-state index contributed by atoms with van der Waals surface area (Å²) in [4.78, 5) is 25.9. The highest BCUT2D eigenvalue weighted by Crippen LogP contribution is 2.30. The highest BCUT2D eigenvalue weighted by Gasteiger charge is 2.30. The number of nitrogens with zero attached hydrogens (tertiary/aromatic N) is 1. The zero-order valence-corrected chi connectivity index (χ0v) is 13.1. The van der Waals surface area contributed by atoms with Crippen LogP contribution in [0.25, 0.3) is 0 Å². The van der Waals surface area contributed by atoms with Crippen LogP contribution in [-0.2, 0) is 20.9 Å². The van der Waals surface area contributed by atoms with Crippen LogP contribution in [0.2, 0.25) is 0 Å². The molecular weight excluding hydrogens is 308 g/mol. The van der Waals surface area contributed by atoms with Gasteiger partial charge in [0, 0.05) is 0 Å². The van der Waals surface area contributed by atoms with Crippen molar-refractivity contribution in [2.75, 3.05) is 18.1 Å². The number of benzene rings is 2. The van der Waals surface area contributed by atoms with Crippen LogP contribution in [0, 0.1) is 0 Å². The van der Waals surface area contributed by atoms with E-state index in [2.05, 4.69) is 0 Å². The van der Waals surface area contributed by atoms with Gasteiger partial charge in [0.2, 0.25) is 5.91 Å². The number of anilines is 1. The van der Waals surface area contributed by atoms with Crippen LogP contribution < -0.4 is 15.4 Å². The first-order valence-corrected chi connectivity index (χ1v) is 7.63. The second-order valence-corrected chi connectivity index (χ2v) is 5.46. The van der Waals surface area contributed by atoms with Gasteiger partial charge in [-0.15, -0.1) is 0 Å². The Kier molecular flexibility index (Phi) is 4.77. The first kappa shape index (κ1) is 16.0. The Bertz CT molecular complexity index is 733. The van der Waals surface area contributed by atoms with Crippen LogP contribution in [0.15, 0.2) is 54.6 Å². The number of carbonyl (C=O) groups is 2. The van der Waals surface area contributed by atoms with E-state index in [1.165, 1.54) is 4.90 Å². The van der Waals surface area contributed by atoms with Gasteiger partial charge in [-0.1, -0.05) is 42.5 Å². The van der Waals surface area contributed by atoms with Gasteiger partial charge in [0.25, 0.3) is 0 Å². The molecule has 3 rings (SSSR count). The van der Waals surface area contributed by atoms with Crippen LogP contribution in [0.3, 0.4) is 0 Å². The van der Waals surface area contributed by atoms with Crippen LogP contribution in [0.5, 0.6) is 5.75 Å². The lowest BCUT2D eigenvalue weighted by atomic mass is 10.2. The summed E-state index contributed by atoms with van der Waals surface area (Å²) < 4.78 is 10.8. The molecule has 2 N–H and O–H groups in total. The number of hydrogen-bond donors (Lipinski definition) is 1. The molecule has 1 atom stereocenters. The molecule has 0 saturated carbocycles. The van der Waals surface area contributed by atoms with E-state index < -0.39 is 12.0 Å². The molecule has 0 aromatic heterocycles. The number of esters is 1. The van der Waals surface area contributed by atoms with Crippen LogP contribution in [0.4, 0.5) is 5.69 Å². The maximum absolute atomic E-state index is 12.4. The SMILES string of the molecule is N[C@H]1COc2ccccc2N(CC(=O)OCc2ccccc2)C1=O. The van der Waals surface area contributed by atoms with Crippen molar-refractivity contribution in [3.63, 3.8) is 0 Å². The molecule has 0 fully saturated rings. The Morgan fingerprint density at radius 3 is 2.67 bits per heavy atom. The quantitative estimate of drug-likeness (QED) is 0.861. The first-order chi connectivity index (χ1) is 11.6. The average molecular weight is 326 g/mol. The fourth-order valence-corrected chi connectivity index (χ4v) is 2.45. The third-order valence-corrected chi connectivity index (χ3v) is 3.69. The molecule has 1 heterocycles. The molecule has 0 radical (unpaired) electrons. The lowest BCUT2D eigenvalue weighted by Gasteiger charge is -2.22. The van der Waals surface area contributed by atoms with Crippen molar-refractivity contribution in [2.24, 2.45) is 5.73 Å². The summed E-state index contributed by atoms with van der Waals surface area (Å²) in [5.74, 6) is -0.345. The van der Waals surface area contributed by atoms with Gasteiger partial charge in [0.15, 0.2) is 0 Å². The van der Waals surface area contributed by atoms with Crippen molar-refractivity contribution in [2.45, 2.75) is 12.6 Å². The highest BCUT2D eigenvalue weighted by molar-refractivity contribution is 6.02. The van der Waals surface area contributed by atoms with Gasteiger partial charge in [0.1, 0.15) is 31.5 Å². The van der Waals surface area contributed by atoms with Gasteiger partial charge in [-0.25, -0.2) is 0 Å². The normalized spacial score (nSPS) is 16.8. The summed E-state index contributed by atoms with van der Waals surface area (Å²) in [6.07, 6.45) is 0. The monoisotopic (exact) mass is 326 g/mol. The Labute approximate surface area is 139 Å². The van der Waals surface area contributed by atoms with Gasteiger partial charge >= 0.3 is 5.97 Å². The van der Waals surface area contributed by atoms with Gasteiger partial charge in [-0.05, 0) is 17.7 Å². The number of ether oxygens (including phenoxy) is 2. The van der Waals surface area contributed by atoms with E-state index in [4.69, 9.17) is 15.2 Å². The molecule has 0 bridgehead atoms. The predicted molar refractivity (Wildman–Crippen MR) is 88.5 cm³/mol. The van der Waals surface area contributed by atoms with Crippen molar-refractivity contribution in [3.05, 3.63) is 60.2 Å². The second kappa shape index (κ2) is 7.14. The smallest absolute Gasteiger partial charge is 0.326 e. The maximum atomic E-state index is 12.4. The molecule has 0 unspecified atom stereocenters. The average Bonchev–Trinajstić information content (AvgIpc) is 2.73. The Balaban J connectivity index is 1.72. The zero-order chi connectivity index (χ0) is 16.9. The number of carbonyl (C=O) groups excluding carboxylic acids is 2. The van der Waals surface area contributed by atoms with Crippen molar-refractivity contribution in [1.82, 2.24) is 0 Å². The number of rotatable bonds is 4. The van der Waals surface area contributed by atoms with Crippen molar-refractivity contribution < 1.29 is 19.1 Å². The number of para-hydroxylation sites is 2. The van der Waals surface area contributed by atoms with E-state index in [1.807, 2.05) is 30.3 Å². The lowest BCUT2D eigenvalue weighted by molar-refractivity contribution is -0.144. The molecule has 1 aliphatic heterocycles. The van der Waals surface area contributed by atoms with E-state index >= 15 is 0 Å². The van der Waals surface area contributed by atoms with E-state index in [0.717, 1.165) is 5.56 Å². The van der Waals surface area contributed by atoms with E-state index in [1.54, 1.807) is 24.3 Å². The number of amides is 1. The summed E-state index contributed by atoms with van der Waals surface area (Å²) in [5, 5.41) is 0. The minimum atomic E-state index is -0.820. The molecule has 6 heteroatoms. The molecule has 6 nitrogen and oxygen atoms in total.